The number of nitrogens with one attached hydrogen (secondary N) is 2. The molecule has 0 saturated heterocycles. The van der Waals surface area contributed by atoms with E-state index in [1.54, 1.807) is 7.05 Å². The highest BCUT2D eigenvalue weighted by Crippen LogP contribution is 1.59. The summed E-state index contributed by atoms with van der Waals surface area (Å²) in [4.78, 5) is 2.25. The zero-order chi connectivity index (χ0) is 4.99. The number of halogens is 1. The van der Waals surface area contributed by atoms with Crippen LogP contribution in [-0.4, -0.2) is 13.3 Å². The van der Waals surface area contributed by atoms with E-state index in [-0.39, 0.29) is 6.29 Å². The molecule has 0 radical (unpaired) electrons. The maximum Gasteiger partial charge on any atom is 0.122 e. The highest BCUT2D eigenvalue weighted by atomic mass is 35.5. The number of hydrogen-bond donors (Lipinski definition) is 3. The van der Waals surface area contributed by atoms with Gasteiger partial charge in [-0.1, -0.05) is 0 Å². The van der Waals surface area contributed by atoms with Gasteiger partial charge in [-0.05, 0) is 18.8 Å². The van der Waals surface area contributed by atoms with Gasteiger partial charge in [-0.25, -0.2) is 4.84 Å². The SMILES string of the molecule is CNC(N)NCl. The molecule has 0 aliphatic carbocycles. The van der Waals surface area contributed by atoms with Crippen molar-refractivity contribution in [3.8, 4) is 0 Å². The topological polar surface area (TPSA) is 50.1 Å². The van der Waals surface area contributed by atoms with E-state index in [2.05, 4.69) is 10.2 Å². The molecule has 0 heterocycles. The maximum absolute atomic E-state index is 5.12. The lowest BCUT2D eigenvalue weighted by molar-refractivity contribution is 0.567. The molecule has 3 nitrogen and oxygen atoms in total. The van der Waals surface area contributed by atoms with Gasteiger partial charge in [0, 0.05) is 0 Å². The van der Waals surface area contributed by atoms with Crippen LogP contribution < -0.4 is 15.9 Å². The summed E-state index contributed by atoms with van der Waals surface area (Å²) in [6.45, 7) is 0. The van der Waals surface area contributed by atoms with E-state index in [1.165, 1.54) is 0 Å². The zero-order valence-corrected chi connectivity index (χ0v) is 4.29. The summed E-state index contributed by atoms with van der Waals surface area (Å²) in [5.41, 5.74) is 5.12. The second kappa shape index (κ2) is 3.36. The molecule has 0 bridgehead atoms. The molecule has 0 aliphatic heterocycles. The molecular weight excluding hydrogens is 101 g/mol. The van der Waals surface area contributed by atoms with Crippen molar-refractivity contribution in [3.63, 3.8) is 0 Å². The predicted molar refractivity (Wildman–Crippen MR) is 26.0 cm³/mol. The molecule has 0 aromatic rings. The highest BCUT2D eigenvalue weighted by Gasteiger charge is 1.86. The van der Waals surface area contributed by atoms with Crippen molar-refractivity contribution >= 4 is 11.8 Å². The fourth-order valence-electron chi connectivity index (χ4n) is 0.0546. The predicted octanol–water partition coefficient (Wildman–Crippen LogP) is -0.809. The number of rotatable bonds is 2. The summed E-state index contributed by atoms with van der Waals surface area (Å²) in [5.74, 6) is 0. The molecule has 0 rings (SSSR count). The Bertz CT molecular complexity index is 28.0. The van der Waals surface area contributed by atoms with E-state index in [1.807, 2.05) is 0 Å². The highest BCUT2D eigenvalue weighted by molar-refractivity contribution is 6.13. The van der Waals surface area contributed by atoms with Gasteiger partial charge in [0.15, 0.2) is 0 Å². The van der Waals surface area contributed by atoms with Crippen LogP contribution in [0.15, 0.2) is 0 Å². The molecule has 0 aromatic heterocycles. The van der Waals surface area contributed by atoms with Gasteiger partial charge >= 0.3 is 0 Å². The van der Waals surface area contributed by atoms with Crippen LogP contribution in [0.2, 0.25) is 0 Å². The van der Waals surface area contributed by atoms with Crippen LogP contribution in [0.1, 0.15) is 0 Å². The molecule has 4 heteroatoms. The lowest BCUT2D eigenvalue weighted by Crippen LogP contribution is -2.42. The first-order chi connectivity index (χ1) is 2.81. The molecule has 0 saturated carbocycles. The van der Waals surface area contributed by atoms with Gasteiger partial charge in [-0.15, -0.1) is 0 Å². The molecule has 0 aliphatic rings. The summed E-state index contributed by atoms with van der Waals surface area (Å²) in [6, 6.07) is 0. The van der Waals surface area contributed by atoms with Gasteiger partial charge in [0.25, 0.3) is 0 Å². The average Bonchev–Trinajstić information content (AvgIpc) is 1.65. The van der Waals surface area contributed by atoms with E-state index in [9.17, 15) is 0 Å². The minimum Gasteiger partial charge on any atom is -0.303 e. The van der Waals surface area contributed by atoms with Crippen molar-refractivity contribution in [2.75, 3.05) is 7.05 Å². The second-order valence-electron chi connectivity index (χ2n) is 0.875. The minimum atomic E-state index is -0.299. The van der Waals surface area contributed by atoms with Crippen molar-refractivity contribution < 1.29 is 0 Å². The Labute approximate surface area is 42.0 Å². The van der Waals surface area contributed by atoms with Gasteiger partial charge in [0.1, 0.15) is 6.29 Å². The van der Waals surface area contributed by atoms with Gasteiger partial charge < -0.3 is 5.73 Å². The third-order valence-corrected chi connectivity index (χ3v) is 0.664. The van der Waals surface area contributed by atoms with Crippen molar-refractivity contribution in [1.82, 2.24) is 10.2 Å². The van der Waals surface area contributed by atoms with Crippen molar-refractivity contribution in [3.05, 3.63) is 0 Å². The molecule has 1 atom stereocenters. The van der Waals surface area contributed by atoms with E-state index in [4.69, 9.17) is 17.5 Å². The first-order valence-electron chi connectivity index (χ1n) is 1.60. The van der Waals surface area contributed by atoms with Crippen molar-refractivity contribution in [2.24, 2.45) is 5.73 Å². The van der Waals surface area contributed by atoms with Crippen LogP contribution in [0.3, 0.4) is 0 Å². The Hall–Kier alpha value is 0.170. The van der Waals surface area contributed by atoms with Crippen LogP contribution in [0.25, 0.3) is 0 Å². The fourth-order valence-corrected chi connectivity index (χ4v) is 0.164. The lowest BCUT2D eigenvalue weighted by Gasteiger charge is -2.02. The molecule has 4 N–H and O–H groups in total. The number of hydrogen-bond acceptors (Lipinski definition) is 3. The van der Waals surface area contributed by atoms with Crippen LogP contribution in [0, 0.1) is 0 Å². The monoisotopic (exact) mass is 109 g/mol. The summed E-state index contributed by atoms with van der Waals surface area (Å²) >= 11 is 5.01. The molecule has 0 aromatic carbocycles. The Morgan fingerprint density at radius 2 is 2.33 bits per heavy atom. The van der Waals surface area contributed by atoms with E-state index in [0.29, 0.717) is 0 Å². The fraction of sp³-hybridized carbons (Fsp3) is 1.00. The molecule has 38 valence electrons. The van der Waals surface area contributed by atoms with E-state index in [0.717, 1.165) is 0 Å². The molecule has 6 heavy (non-hydrogen) atoms. The summed E-state index contributed by atoms with van der Waals surface area (Å²) in [5, 5.41) is 2.65. The molecular formula is C2H8ClN3. The quantitative estimate of drug-likeness (QED) is 0.321. The van der Waals surface area contributed by atoms with Gasteiger partial charge in [-0.3, -0.25) is 5.32 Å². The Balaban J connectivity index is 2.75. The standard InChI is InChI=1S/C2H8ClN3/c1-5-2(4)6-3/h2,5-6H,4H2,1H3. The number of nitrogens with two attached hydrogens (primary N) is 1. The van der Waals surface area contributed by atoms with Crippen molar-refractivity contribution in [1.29, 1.82) is 0 Å². The normalized spacial score (nSPS) is 14.5. The third kappa shape index (κ3) is 2.41. The average molecular weight is 110 g/mol. The first-order valence-corrected chi connectivity index (χ1v) is 1.98. The minimum absolute atomic E-state index is 0.299. The zero-order valence-electron chi connectivity index (χ0n) is 3.53. The van der Waals surface area contributed by atoms with E-state index >= 15 is 0 Å². The van der Waals surface area contributed by atoms with Crippen LogP contribution in [0.5, 0.6) is 0 Å². The summed E-state index contributed by atoms with van der Waals surface area (Å²) < 4.78 is 0. The summed E-state index contributed by atoms with van der Waals surface area (Å²) in [7, 11) is 1.71. The van der Waals surface area contributed by atoms with Gasteiger partial charge in [-0.2, -0.15) is 0 Å². The van der Waals surface area contributed by atoms with E-state index < -0.39 is 0 Å². The Morgan fingerprint density at radius 1 is 1.83 bits per heavy atom. The molecule has 1 unspecified atom stereocenters. The maximum atomic E-state index is 5.12. The molecule has 0 fully saturated rings. The smallest absolute Gasteiger partial charge is 0.122 e. The second-order valence-corrected chi connectivity index (χ2v) is 1.09. The van der Waals surface area contributed by atoms with Crippen molar-refractivity contribution in [2.45, 2.75) is 6.29 Å². The van der Waals surface area contributed by atoms with Crippen LogP contribution >= 0.6 is 11.8 Å². The third-order valence-electron chi connectivity index (χ3n) is 0.429. The van der Waals surface area contributed by atoms with Crippen LogP contribution in [0.4, 0.5) is 0 Å². The first kappa shape index (κ1) is 6.17. The van der Waals surface area contributed by atoms with Gasteiger partial charge in [0.05, 0.1) is 0 Å². The molecule has 0 amide bonds. The summed E-state index contributed by atoms with van der Waals surface area (Å²) in [6.07, 6.45) is -0.299. The largest absolute Gasteiger partial charge is 0.303 e. The Kier molecular flexibility index (Phi) is 3.46. The van der Waals surface area contributed by atoms with Crippen LogP contribution in [-0.2, 0) is 0 Å². The Morgan fingerprint density at radius 3 is 2.33 bits per heavy atom. The lowest BCUT2D eigenvalue weighted by atomic mass is 10.9. The van der Waals surface area contributed by atoms with Gasteiger partial charge in [0.2, 0.25) is 0 Å². The molecule has 0 spiro atoms.